The standard InChI is InChI=1S/C22H25N5O4S/c1-12(28)24-16-6-5-15(19-23-7-8-32-19)18-17(16)25-20(30-18)26-10-13-9-14(11-26)27(13)21(29)31-22(2,3)4/h5-8,13-14H,9-11H2,1-4H3,(H,24,28). The fraction of sp³-hybridized carbons (Fsp3) is 0.455. The van der Waals surface area contributed by atoms with Crippen molar-refractivity contribution in [2.75, 3.05) is 23.3 Å². The number of nitrogens with zero attached hydrogens (tertiary/aromatic N) is 4. The Bertz CT molecular complexity index is 1170. The van der Waals surface area contributed by atoms with E-state index in [2.05, 4.69) is 15.2 Å². The largest absolute Gasteiger partial charge is 0.444 e. The molecule has 2 bridgehead atoms. The number of ether oxygens (including phenoxy) is 1. The van der Waals surface area contributed by atoms with Crippen molar-refractivity contribution in [3.8, 4) is 10.6 Å². The second-order valence-electron chi connectivity index (χ2n) is 9.19. The van der Waals surface area contributed by atoms with Gasteiger partial charge in [-0.25, -0.2) is 9.78 Å². The van der Waals surface area contributed by atoms with Crippen molar-refractivity contribution in [3.63, 3.8) is 0 Å². The van der Waals surface area contributed by atoms with Gasteiger partial charge in [0.15, 0.2) is 5.58 Å². The number of benzene rings is 1. The molecule has 168 valence electrons. The number of nitrogens with one attached hydrogen (secondary N) is 1. The Balaban J connectivity index is 1.44. The van der Waals surface area contributed by atoms with E-state index < -0.39 is 5.60 Å². The predicted molar refractivity (Wildman–Crippen MR) is 122 cm³/mol. The quantitative estimate of drug-likeness (QED) is 0.634. The summed E-state index contributed by atoms with van der Waals surface area (Å²) in [6.45, 7) is 8.31. The molecular weight excluding hydrogens is 430 g/mol. The number of rotatable bonds is 3. The first-order chi connectivity index (χ1) is 15.2. The molecule has 3 aromatic rings. The van der Waals surface area contributed by atoms with Gasteiger partial charge in [-0.3, -0.25) is 9.69 Å². The number of hydrogen-bond donors (Lipinski definition) is 1. The number of carbonyl (C=O) groups is 2. The van der Waals surface area contributed by atoms with Crippen LogP contribution in [0, 0.1) is 0 Å². The van der Waals surface area contributed by atoms with Gasteiger partial charge in [0.2, 0.25) is 5.91 Å². The van der Waals surface area contributed by atoms with E-state index in [0.29, 0.717) is 35.9 Å². The fourth-order valence-corrected chi connectivity index (χ4v) is 4.98. The number of thiazole rings is 1. The molecule has 2 amide bonds. The Hall–Kier alpha value is -3.14. The van der Waals surface area contributed by atoms with Crippen molar-refractivity contribution in [1.82, 2.24) is 14.9 Å². The summed E-state index contributed by atoms with van der Waals surface area (Å²) in [4.78, 5) is 37.3. The van der Waals surface area contributed by atoms with Gasteiger partial charge in [0, 0.05) is 31.6 Å². The van der Waals surface area contributed by atoms with E-state index >= 15 is 0 Å². The molecule has 1 N–H and O–H groups in total. The van der Waals surface area contributed by atoms with Crippen LogP contribution >= 0.6 is 11.3 Å². The molecule has 32 heavy (non-hydrogen) atoms. The third-order valence-electron chi connectivity index (χ3n) is 5.57. The monoisotopic (exact) mass is 455 g/mol. The molecule has 2 unspecified atom stereocenters. The van der Waals surface area contributed by atoms with E-state index in [1.54, 1.807) is 6.20 Å². The van der Waals surface area contributed by atoms with Gasteiger partial charge in [0.05, 0.1) is 23.3 Å². The van der Waals surface area contributed by atoms with E-state index in [1.165, 1.54) is 18.3 Å². The number of amides is 2. The molecule has 9 nitrogen and oxygen atoms in total. The van der Waals surface area contributed by atoms with E-state index in [0.717, 1.165) is 17.0 Å². The summed E-state index contributed by atoms with van der Waals surface area (Å²) < 4.78 is 11.8. The highest BCUT2D eigenvalue weighted by atomic mass is 32.1. The summed E-state index contributed by atoms with van der Waals surface area (Å²) >= 11 is 1.51. The van der Waals surface area contributed by atoms with Crippen LogP contribution in [0.4, 0.5) is 16.5 Å². The molecule has 5 heterocycles. The molecule has 0 radical (unpaired) electrons. The molecule has 2 aromatic heterocycles. The van der Waals surface area contributed by atoms with E-state index in [4.69, 9.17) is 14.1 Å². The zero-order valence-electron chi connectivity index (χ0n) is 18.4. The first-order valence-electron chi connectivity index (χ1n) is 10.6. The van der Waals surface area contributed by atoms with Gasteiger partial charge in [-0.2, -0.15) is 4.98 Å². The lowest BCUT2D eigenvalue weighted by Gasteiger charge is -2.55. The van der Waals surface area contributed by atoms with Crippen LogP contribution in [0.5, 0.6) is 0 Å². The van der Waals surface area contributed by atoms with Crippen molar-refractivity contribution in [2.45, 2.75) is 51.8 Å². The number of oxazole rings is 1. The topological polar surface area (TPSA) is 101 Å². The lowest BCUT2D eigenvalue weighted by Crippen LogP contribution is -2.70. The minimum absolute atomic E-state index is 0.0619. The molecule has 3 saturated heterocycles. The Labute approximate surface area is 189 Å². The zero-order chi connectivity index (χ0) is 22.6. The molecule has 10 heteroatoms. The highest BCUT2D eigenvalue weighted by Gasteiger charge is 2.49. The van der Waals surface area contributed by atoms with Crippen LogP contribution in [-0.2, 0) is 9.53 Å². The minimum Gasteiger partial charge on any atom is -0.444 e. The van der Waals surface area contributed by atoms with Crippen LogP contribution in [0.3, 0.4) is 0 Å². The number of hydrogen-bond acceptors (Lipinski definition) is 8. The van der Waals surface area contributed by atoms with E-state index in [9.17, 15) is 9.59 Å². The summed E-state index contributed by atoms with van der Waals surface area (Å²) in [6.07, 6.45) is 2.42. The van der Waals surface area contributed by atoms with Gasteiger partial charge in [-0.15, -0.1) is 11.3 Å². The molecule has 3 aliphatic rings. The van der Waals surface area contributed by atoms with Crippen molar-refractivity contribution < 1.29 is 18.7 Å². The van der Waals surface area contributed by atoms with Crippen LogP contribution in [0.15, 0.2) is 28.1 Å². The smallest absolute Gasteiger partial charge is 0.410 e. The van der Waals surface area contributed by atoms with Gasteiger partial charge in [-0.05, 0) is 39.3 Å². The molecule has 0 spiro atoms. The zero-order valence-corrected chi connectivity index (χ0v) is 19.2. The predicted octanol–water partition coefficient (Wildman–Crippen LogP) is 4.11. The number of fused-ring (bicyclic) bond motifs is 3. The summed E-state index contributed by atoms with van der Waals surface area (Å²) in [5, 5.41) is 5.56. The molecule has 6 rings (SSSR count). The number of carbonyl (C=O) groups excluding carboxylic acids is 2. The number of piperazine rings is 1. The number of anilines is 2. The average molecular weight is 456 g/mol. The van der Waals surface area contributed by atoms with Gasteiger partial charge in [0.25, 0.3) is 6.01 Å². The number of aromatic nitrogens is 2. The van der Waals surface area contributed by atoms with Gasteiger partial charge in [-0.1, -0.05) is 0 Å². The Morgan fingerprint density at radius 3 is 2.62 bits per heavy atom. The van der Waals surface area contributed by atoms with Crippen molar-refractivity contribution >= 4 is 46.1 Å². The molecule has 0 saturated carbocycles. The highest BCUT2D eigenvalue weighted by Crippen LogP contribution is 2.40. The van der Waals surface area contributed by atoms with Crippen molar-refractivity contribution in [2.24, 2.45) is 0 Å². The summed E-state index contributed by atoms with van der Waals surface area (Å²) in [7, 11) is 0. The van der Waals surface area contributed by atoms with Crippen LogP contribution in [0.1, 0.15) is 34.1 Å². The highest BCUT2D eigenvalue weighted by molar-refractivity contribution is 7.13. The molecule has 2 atom stereocenters. The normalized spacial score (nSPS) is 20.2. The molecule has 0 aliphatic carbocycles. The number of piperidine rings is 1. The van der Waals surface area contributed by atoms with Crippen LogP contribution < -0.4 is 10.2 Å². The Kier molecular flexibility index (Phi) is 4.85. The van der Waals surface area contributed by atoms with Crippen LogP contribution in [-0.4, -0.2) is 57.6 Å². The fourth-order valence-electron chi connectivity index (χ4n) is 4.32. The van der Waals surface area contributed by atoms with Gasteiger partial charge in [0.1, 0.15) is 16.1 Å². The molecule has 3 aliphatic heterocycles. The van der Waals surface area contributed by atoms with Crippen LogP contribution in [0.25, 0.3) is 21.7 Å². The van der Waals surface area contributed by atoms with Crippen molar-refractivity contribution in [3.05, 3.63) is 23.7 Å². The molecular formula is C22H25N5O4S. The minimum atomic E-state index is -0.521. The van der Waals surface area contributed by atoms with Crippen molar-refractivity contribution in [1.29, 1.82) is 0 Å². The third kappa shape index (κ3) is 3.68. The Morgan fingerprint density at radius 1 is 1.25 bits per heavy atom. The lowest BCUT2D eigenvalue weighted by molar-refractivity contribution is -0.114. The van der Waals surface area contributed by atoms with Gasteiger partial charge >= 0.3 is 6.09 Å². The van der Waals surface area contributed by atoms with Crippen LogP contribution in [0.2, 0.25) is 0 Å². The summed E-state index contributed by atoms with van der Waals surface area (Å²) in [5.41, 5.74) is 2.09. The third-order valence-corrected chi connectivity index (χ3v) is 6.38. The Morgan fingerprint density at radius 2 is 2.00 bits per heavy atom. The second kappa shape index (κ2) is 7.47. The summed E-state index contributed by atoms with van der Waals surface area (Å²) in [6, 6.07) is 4.32. The first kappa shape index (κ1) is 20.7. The second-order valence-corrected chi connectivity index (χ2v) is 10.1. The lowest BCUT2D eigenvalue weighted by atomic mass is 9.88. The maximum atomic E-state index is 12.6. The maximum Gasteiger partial charge on any atom is 0.410 e. The first-order valence-corrected chi connectivity index (χ1v) is 11.4. The van der Waals surface area contributed by atoms with Gasteiger partial charge < -0.3 is 19.4 Å². The maximum absolute atomic E-state index is 12.6. The van der Waals surface area contributed by atoms with E-state index in [-0.39, 0.29) is 24.1 Å². The molecule has 1 aromatic carbocycles. The summed E-state index contributed by atoms with van der Waals surface area (Å²) in [5.74, 6) is -0.176. The average Bonchev–Trinajstić information content (AvgIpc) is 3.37. The molecule has 3 fully saturated rings. The van der Waals surface area contributed by atoms with E-state index in [1.807, 2.05) is 43.2 Å². The SMILES string of the molecule is CC(=O)Nc1ccc(-c2nccs2)c2oc(N3CC4CC(C3)N4C(=O)OC(C)(C)C)nc12.